The van der Waals surface area contributed by atoms with E-state index in [0.29, 0.717) is 17.2 Å². The van der Waals surface area contributed by atoms with Crippen molar-refractivity contribution in [3.63, 3.8) is 0 Å². The topological polar surface area (TPSA) is 79.4 Å². The smallest absolute Gasteiger partial charge is 0.274 e. The molecule has 2 N–H and O–H groups in total. The summed E-state index contributed by atoms with van der Waals surface area (Å²) in [6.07, 6.45) is 2.38. The fourth-order valence-corrected chi connectivity index (χ4v) is 2.06. The van der Waals surface area contributed by atoms with Crippen LogP contribution in [-0.4, -0.2) is 55.1 Å². The van der Waals surface area contributed by atoms with E-state index < -0.39 is 0 Å². The second kappa shape index (κ2) is 8.83. The zero-order chi connectivity index (χ0) is 17.4. The van der Waals surface area contributed by atoms with E-state index in [4.69, 9.17) is 4.74 Å². The first-order valence-corrected chi connectivity index (χ1v) is 7.74. The quantitative estimate of drug-likeness (QED) is 0.722. The Morgan fingerprint density at radius 1 is 1.21 bits per heavy atom. The van der Waals surface area contributed by atoms with E-state index in [-0.39, 0.29) is 5.91 Å². The normalized spacial score (nSPS) is 10.5. The van der Waals surface area contributed by atoms with Crippen LogP contribution in [-0.2, 0) is 0 Å². The van der Waals surface area contributed by atoms with Crippen LogP contribution in [0.4, 0.5) is 11.5 Å². The molecule has 0 atom stereocenters. The molecule has 2 rings (SSSR count). The number of hydrogen-bond donors (Lipinski definition) is 2. The molecule has 0 saturated heterocycles. The van der Waals surface area contributed by atoms with Crippen LogP contribution in [0.2, 0.25) is 0 Å². The van der Waals surface area contributed by atoms with E-state index in [1.54, 1.807) is 37.4 Å². The summed E-state index contributed by atoms with van der Waals surface area (Å²) < 4.78 is 5.09. The van der Waals surface area contributed by atoms with Crippen molar-refractivity contribution < 1.29 is 9.53 Å². The molecule has 1 amide bonds. The van der Waals surface area contributed by atoms with Crippen molar-refractivity contribution in [3.05, 3.63) is 42.4 Å². The Morgan fingerprint density at radius 2 is 1.96 bits per heavy atom. The first-order valence-electron chi connectivity index (χ1n) is 7.74. The number of carbonyl (C=O) groups is 1. The van der Waals surface area contributed by atoms with E-state index in [0.717, 1.165) is 25.3 Å². The van der Waals surface area contributed by atoms with Crippen molar-refractivity contribution in [2.75, 3.05) is 44.9 Å². The molecule has 0 aliphatic carbocycles. The number of anilines is 2. The van der Waals surface area contributed by atoms with Gasteiger partial charge in [0.1, 0.15) is 23.6 Å². The van der Waals surface area contributed by atoms with Gasteiger partial charge in [0.05, 0.1) is 7.11 Å². The molecule has 2 aromatic rings. The van der Waals surface area contributed by atoms with Crippen molar-refractivity contribution in [3.8, 4) is 5.75 Å². The number of nitrogens with zero attached hydrogens (tertiary/aromatic N) is 3. The molecule has 7 heteroatoms. The highest BCUT2D eigenvalue weighted by Gasteiger charge is 2.09. The van der Waals surface area contributed by atoms with Crippen LogP contribution in [0.5, 0.6) is 5.75 Å². The molecular formula is C17H23N5O2. The van der Waals surface area contributed by atoms with Crippen LogP contribution >= 0.6 is 0 Å². The fraction of sp³-hybridized carbons (Fsp3) is 0.353. The lowest BCUT2D eigenvalue weighted by molar-refractivity contribution is 0.102. The van der Waals surface area contributed by atoms with Gasteiger partial charge < -0.3 is 20.3 Å². The standard InChI is InChI=1S/C17H23N5O2/c1-22(2)10-4-9-18-16-11-15(19-12-20-16)17(23)21-13-5-7-14(24-3)8-6-13/h5-8,11-12H,4,9-10H2,1-3H3,(H,21,23)(H,18,19,20). The van der Waals surface area contributed by atoms with E-state index >= 15 is 0 Å². The molecule has 24 heavy (non-hydrogen) atoms. The molecule has 1 aromatic heterocycles. The molecule has 1 aromatic carbocycles. The van der Waals surface area contributed by atoms with E-state index in [1.165, 1.54) is 6.33 Å². The zero-order valence-corrected chi connectivity index (χ0v) is 14.2. The molecule has 0 saturated carbocycles. The molecule has 1 heterocycles. The highest BCUT2D eigenvalue weighted by atomic mass is 16.5. The van der Waals surface area contributed by atoms with Crippen LogP contribution in [0.1, 0.15) is 16.9 Å². The third kappa shape index (κ3) is 5.51. The predicted octanol–water partition coefficient (Wildman–Crippen LogP) is 2.10. The summed E-state index contributed by atoms with van der Waals surface area (Å²) in [6.45, 7) is 1.78. The van der Waals surface area contributed by atoms with Gasteiger partial charge in [-0.25, -0.2) is 9.97 Å². The van der Waals surface area contributed by atoms with Crippen LogP contribution < -0.4 is 15.4 Å². The number of nitrogens with one attached hydrogen (secondary N) is 2. The summed E-state index contributed by atoms with van der Waals surface area (Å²) >= 11 is 0. The highest BCUT2D eigenvalue weighted by Crippen LogP contribution is 2.16. The number of methoxy groups -OCH3 is 1. The van der Waals surface area contributed by atoms with Gasteiger partial charge in [-0.3, -0.25) is 4.79 Å². The molecule has 0 bridgehead atoms. The monoisotopic (exact) mass is 329 g/mol. The van der Waals surface area contributed by atoms with Gasteiger partial charge in [-0.2, -0.15) is 0 Å². The number of benzene rings is 1. The lowest BCUT2D eigenvalue weighted by atomic mass is 10.3. The lowest BCUT2D eigenvalue weighted by Gasteiger charge is -2.10. The van der Waals surface area contributed by atoms with Crippen molar-refractivity contribution in [1.82, 2.24) is 14.9 Å². The summed E-state index contributed by atoms with van der Waals surface area (Å²) in [5, 5.41) is 6.00. The largest absolute Gasteiger partial charge is 0.497 e. The van der Waals surface area contributed by atoms with Gasteiger partial charge >= 0.3 is 0 Å². The van der Waals surface area contributed by atoms with Gasteiger partial charge in [-0.05, 0) is 51.3 Å². The number of carbonyl (C=O) groups excluding carboxylic acids is 1. The maximum absolute atomic E-state index is 12.3. The van der Waals surface area contributed by atoms with E-state index in [9.17, 15) is 4.79 Å². The minimum Gasteiger partial charge on any atom is -0.497 e. The van der Waals surface area contributed by atoms with E-state index in [1.807, 2.05) is 14.1 Å². The summed E-state index contributed by atoms with van der Waals surface area (Å²) in [5.41, 5.74) is 0.996. The number of amides is 1. The Balaban J connectivity index is 1.92. The number of ether oxygens (including phenoxy) is 1. The van der Waals surface area contributed by atoms with Gasteiger partial charge in [0.15, 0.2) is 0 Å². The molecule has 0 aliphatic rings. The first-order chi connectivity index (χ1) is 11.6. The van der Waals surface area contributed by atoms with Crippen LogP contribution in [0, 0.1) is 0 Å². The Hall–Kier alpha value is -2.67. The Bertz CT molecular complexity index is 658. The average Bonchev–Trinajstić information content (AvgIpc) is 2.59. The molecule has 128 valence electrons. The number of hydrogen-bond acceptors (Lipinski definition) is 6. The zero-order valence-electron chi connectivity index (χ0n) is 14.2. The second-order valence-corrected chi connectivity index (χ2v) is 5.55. The average molecular weight is 329 g/mol. The van der Waals surface area contributed by atoms with Gasteiger partial charge in [-0.1, -0.05) is 0 Å². The number of rotatable bonds is 8. The maximum atomic E-state index is 12.3. The first kappa shape index (κ1) is 17.7. The third-order valence-electron chi connectivity index (χ3n) is 3.34. The van der Waals surface area contributed by atoms with Crippen LogP contribution in [0.3, 0.4) is 0 Å². The minimum atomic E-state index is -0.279. The summed E-state index contributed by atoms with van der Waals surface area (Å²) in [6, 6.07) is 8.77. The molecule has 0 unspecified atom stereocenters. The summed E-state index contributed by atoms with van der Waals surface area (Å²) in [5.74, 6) is 1.10. The molecule has 0 radical (unpaired) electrons. The second-order valence-electron chi connectivity index (χ2n) is 5.55. The Kier molecular flexibility index (Phi) is 6.51. The molecule has 0 aliphatic heterocycles. The summed E-state index contributed by atoms with van der Waals surface area (Å²) in [7, 11) is 5.67. The molecule has 0 spiro atoms. The number of aromatic nitrogens is 2. The fourth-order valence-electron chi connectivity index (χ4n) is 2.06. The highest BCUT2D eigenvalue weighted by molar-refractivity contribution is 6.03. The van der Waals surface area contributed by atoms with Crippen molar-refractivity contribution >= 4 is 17.4 Å². The Labute approximate surface area is 142 Å². The predicted molar refractivity (Wildman–Crippen MR) is 94.6 cm³/mol. The van der Waals surface area contributed by atoms with Crippen molar-refractivity contribution in [2.45, 2.75) is 6.42 Å². The van der Waals surface area contributed by atoms with Crippen molar-refractivity contribution in [2.24, 2.45) is 0 Å². The third-order valence-corrected chi connectivity index (χ3v) is 3.34. The van der Waals surface area contributed by atoms with Crippen LogP contribution in [0.15, 0.2) is 36.7 Å². The van der Waals surface area contributed by atoms with Gasteiger partial charge in [0.25, 0.3) is 5.91 Å². The minimum absolute atomic E-state index is 0.279. The SMILES string of the molecule is COc1ccc(NC(=O)c2cc(NCCCN(C)C)ncn2)cc1. The summed E-state index contributed by atoms with van der Waals surface area (Å²) in [4.78, 5) is 22.6. The molecule has 7 nitrogen and oxygen atoms in total. The lowest BCUT2D eigenvalue weighted by Crippen LogP contribution is -2.17. The molecular weight excluding hydrogens is 306 g/mol. The Morgan fingerprint density at radius 3 is 2.62 bits per heavy atom. The maximum Gasteiger partial charge on any atom is 0.274 e. The van der Waals surface area contributed by atoms with Gasteiger partial charge in [-0.15, -0.1) is 0 Å². The van der Waals surface area contributed by atoms with Crippen molar-refractivity contribution in [1.29, 1.82) is 0 Å². The van der Waals surface area contributed by atoms with Gasteiger partial charge in [0, 0.05) is 18.3 Å². The van der Waals surface area contributed by atoms with Gasteiger partial charge in [0.2, 0.25) is 0 Å². The van der Waals surface area contributed by atoms with Crippen LogP contribution in [0.25, 0.3) is 0 Å². The molecule has 0 fully saturated rings. The van der Waals surface area contributed by atoms with E-state index in [2.05, 4.69) is 25.5 Å².